The maximum atomic E-state index is 12.8. The number of thiophene rings is 1. The van der Waals surface area contributed by atoms with Crippen LogP contribution in [0.3, 0.4) is 0 Å². The zero-order valence-corrected chi connectivity index (χ0v) is 19.3. The minimum absolute atomic E-state index is 0.0829. The van der Waals surface area contributed by atoms with E-state index in [-0.39, 0.29) is 5.91 Å². The van der Waals surface area contributed by atoms with Crippen LogP contribution < -0.4 is 10.6 Å². The molecule has 158 valence electrons. The first-order valence-electron chi connectivity index (χ1n) is 9.96. The van der Waals surface area contributed by atoms with E-state index in [2.05, 4.69) is 17.6 Å². The van der Waals surface area contributed by atoms with Crippen LogP contribution in [0.1, 0.15) is 78.5 Å². The van der Waals surface area contributed by atoms with Gasteiger partial charge in [0.15, 0.2) is 5.11 Å². The molecule has 0 bridgehead atoms. The van der Waals surface area contributed by atoms with Gasteiger partial charge in [-0.2, -0.15) is 0 Å². The molecule has 0 aliphatic heterocycles. The molecule has 1 aromatic heterocycles. The van der Waals surface area contributed by atoms with E-state index in [1.807, 2.05) is 13.8 Å². The Kier molecular flexibility index (Phi) is 11.1. The molecule has 0 aliphatic carbocycles. The van der Waals surface area contributed by atoms with Crippen LogP contribution in [-0.4, -0.2) is 48.6 Å². The van der Waals surface area contributed by atoms with Gasteiger partial charge >= 0.3 is 5.97 Å². The molecule has 1 heterocycles. The number of carbonyl (C=O) groups excluding carboxylic acids is 2. The van der Waals surface area contributed by atoms with E-state index in [4.69, 9.17) is 17.0 Å². The normalized spacial score (nSPS) is 10.5. The van der Waals surface area contributed by atoms with Crippen LogP contribution in [0.25, 0.3) is 0 Å². The maximum Gasteiger partial charge on any atom is 0.341 e. The standard InChI is InChI=1S/C20H33N3O3S2/c1-6-9-10-11-12-13-21-20(27)22-17-15(19(25)26-5)14(4)16(28-17)18(24)23(7-2)8-3/h6-13H2,1-5H3,(H2,21,22,27). The average Bonchev–Trinajstić information content (AvgIpc) is 3.00. The Labute approximate surface area is 178 Å². The van der Waals surface area contributed by atoms with Crippen LogP contribution >= 0.6 is 23.6 Å². The van der Waals surface area contributed by atoms with Gasteiger partial charge in [-0.1, -0.05) is 32.6 Å². The van der Waals surface area contributed by atoms with Gasteiger partial charge in [0.05, 0.1) is 17.6 Å². The van der Waals surface area contributed by atoms with E-state index >= 15 is 0 Å². The third-order valence-electron chi connectivity index (χ3n) is 4.57. The van der Waals surface area contributed by atoms with Crippen LogP contribution in [-0.2, 0) is 4.74 Å². The highest BCUT2D eigenvalue weighted by molar-refractivity contribution is 7.80. The van der Waals surface area contributed by atoms with Gasteiger partial charge in [-0.05, 0) is 45.0 Å². The summed E-state index contributed by atoms with van der Waals surface area (Å²) in [6.45, 7) is 9.84. The molecule has 0 unspecified atom stereocenters. The summed E-state index contributed by atoms with van der Waals surface area (Å²) in [4.78, 5) is 27.4. The number of methoxy groups -OCH3 is 1. The number of anilines is 1. The smallest absolute Gasteiger partial charge is 0.341 e. The fourth-order valence-corrected chi connectivity index (χ4v) is 4.32. The van der Waals surface area contributed by atoms with Gasteiger partial charge in [-0.3, -0.25) is 4.79 Å². The minimum Gasteiger partial charge on any atom is -0.465 e. The third-order valence-corrected chi connectivity index (χ3v) is 6.02. The Hall–Kier alpha value is -1.67. The predicted octanol–water partition coefficient (Wildman–Crippen LogP) is 4.58. The van der Waals surface area contributed by atoms with Crippen molar-refractivity contribution in [1.29, 1.82) is 0 Å². The fourth-order valence-electron chi connectivity index (χ4n) is 2.89. The summed E-state index contributed by atoms with van der Waals surface area (Å²) >= 11 is 6.62. The Morgan fingerprint density at radius 1 is 1.11 bits per heavy atom. The number of hydrogen-bond acceptors (Lipinski definition) is 5. The number of unbranched alkanes of at least 4 members (excludes halogenated alkanes) is 4. The maximum absolute atomic E-state index is 12.8. The van der Waals surface area contributed by atoms with Crippen molar-refractivity contribution >= 4 is 45.5 Å². The van der Waals surface area contributed by atoms with Crippen LogP contribution in [0.15, 0.2) is 0 Å². The Morgan fingerprint density at radius 2 is 1.75 bits per heavy atom. The van der Waals surface area contributed by atoms with Crippen molar-refractivity contribution in [3.8, 4) is 0 Å². The molecule has 1 amide bonds. The Balaban J connectivity index is 2.89. The van der Waals surface area contributed by atoms with Gasteiger partial charge in [0.25, 0.3) is 5.91 Å². The minimum atomic E-state index is -0.475. The molecule has 0 saturated carbocycles. The summed E-state index contributed by atoms with van der Waals surface area (Å²) in [6.07, 6.45) is 5.91. The topological polar surface area (TPSA) is 70.7 Å². The zero-order chi connectivity index (χ0) is 21.1. The van der Waals surface area contributed by atoms with E-state index in [1.54, 1.807) is 11.8 Å². The third kappa shape index (κ3) is 6.74. The lowest BCUT2D eigenvalue weighted by molar-refractivity contribution is 0.0601. The van der Waals surface area contributed by atoms with Gasteiger partial charge in [0, 0.05) is 19.6 Å². The quantitative estimate of drug-likeness (QED) is 0.306. The first-order chi connectivity index (χ1) is 13.4. The summed E-state index contributed by atoms with van der Waals surface area (Å²) in [5.41, 5.74) is 0.994. The molecule has 0 radical (unpaired) electrons. The van der Waals surface area contributed by atoms with Crippen molar-refractivity contribution in [2.75, 3.05) is 32.1 Å². The molecule has 0 fully saturated rings. The average molecular weight is 428 g/mol. The molecule has 0 spiro atoms. The predicted molar refractivity (Wildman–Crippen MR) is 121 cm³/mol. The number of nitrogens with zero attached hydrogens (tertiary/aromatic N) is 1. The van der Waals surface area contributed by atoms with E-state index < -0.39 is 5.97 Å². The highest BCUT2D eigenvalue weighted by Gasteiger charge is 2.27. The van der Waals surface area contributed by atoms with Gasteiger partial charge in [0.2, 0.25) is 0 Å². The lowest BCUT2D eigenvalue weighted by Gasteiger charge is -2.17. The van der Waals surface area contributed by atoms with Gasteiger partial charge in [-0.25, -0.2) is 4.79 Å². The first kappa shape index (κ1) is 24.4. The summed E-state index contributed by atoms with van der Waals surface area (Å²) in [7, 11) is 1.34. The van der Waals surface area contributed by atoms with Gasteiger partial charge in [0.1, 0.15) is 5.00 Å². The molecule has 8 heteroatoms. The van der Waals surface area contributed by atoms with Crippen molar-refractivity contribution in [2.45, 2.75) is 59.8 Å². The van der Waals surface area contributed by atoms with Crippen LogP contribution in [0.2, 0.25) is 0 Å². The molecule has 0 aromatic carbocycles. The number of hydrogen-bond donors (Lipinski definition) is 2. The number of esters is 1. The fraction of sp³-hybridized carbons (Fsp3) is 0.650. The molecule has 1 rings (SSSR count). The van der Waals surface area contributed by atoms with E-state index in [9.17, 15) is 9.59 Å². The molecular formula is C20H33N3O3S2. The summed E-state index contributed by atoms with van der Waals surface area (Å²) < 4.78 is 4.92. The summed E-state index contributed by atoms with van der Waals surface area (Å²) in [5.74, 6) is -0.558. The van der Waals surface area contributed by atoms with Crippen LogP contribution in [0.5, 0.6) is 0 Å². The molecule has 6 nitrogen and oxygen atoms in total. The monoisotopic (exact) mass is 427 g/mol. The number of ether oxygens (including phenoxy) is 1. The highest BCUT2D eigenvalue weighted by atomic mass is 32.1. The van der Waals surface area contributed by atoms with Gasteiger partial charge in [-0.15, -0.1) is 11.3 Å². The van der Waals surface area contributed by atoms with Crippen molar-refractivity contribution < 1.29 is 14.3 Å². The lowest BCUT2D eigenvalue weighted by atomic mass is 10.1. The van der Waals surface area contributed by atoms with E-state index in [0.29, 0.717) is 39.2 Å². The second kappa shape index (κ2) is 12.7. The number of carbonyl (C=O) groups is 2. The number of rotatable bonds is 11. The second-order valence-corrected chi connectivity index (χ2v) is 7.95. The van der Waals surface area contributed by atoms with E-state index in [1.165, 1.54) is 37.7 Å². The number of amides is 1. The van der Waals surface area contributed by atoms with Crippen molar-refractivity contribution in [3.05, 3.63) is 16.0 Å². The van der Waals surface area contributed by atoms with Crippen LogP contribution in [0.4, 0.5) is 5.00 Å². The summed E-state index contributed by atoms with van der Waals surface area (Å²) in [6, 6.07) is 0. The van der Waals surface area contributed by atoms with Crippen molar-refractivity contribution in [3.63, 3.8) is 0 Å². The molecule has 0 aliphatic rings. The molecule has 28 heavy (non-hydrogen) atoms. The Morgan fingerprint density at radius 3 is 2.32 bits per heavy atom. The van der Waals surface area contributed by atoms with Crippen molar-refractivity contribution in [2.24, 2.45) is 0 Å². The second-order valence-electron chi connectivity index (χ2n) is 6.52. The molecular weight excluding hydrogens is 394 g/mol. The van der Waals surface area contributed by atoms with Crippen molar-refractivity contribution in [1.82, 2.24) is 10.2 Å². The molecule has 0 atom stereocenters. The van der Waals surface area contributed by atoms with Crippen LogP contribution in [0, 0.1) is 6.92 Å². The molecule has 2 N–H and O–H groups in total. The highest BCUT2D eigenvalue weighted by Crippen LogP contribution is 2.34. The van der Waals surface area contributed by atoms with E-state index in [0.717, 1.165) is 19.4 Å². The lowest BCUT2D eigenvalue weighted by Crippen LogP contribution is -2.30. The Bertz CT molecular complexity index is 670. The zero-order valence-electron chi connectivity index (χ0n) is 17.6. The molecule has 1 aromatic rings. The SMILES string of the molecule is CCCCCCCNC(=S)Nc1sc(C(=O)N(CC)CC)c(C)c1C(=O)OC. The number of nitrogens with one attached hydrogen (secondary N) is 2. The largest absolute Gasteiger partial charge is 0.465 e. The number of thiocarbonyl (C=S) groups is 1. The van der Waals surface area contributed by atoms with Gasteiger partial charge < -0.3 is 20.3 Å². The molecule has 0 saturated heterocycles. The summed E-state index contributed by atoms with van der Waals surface area (Å²) in [5, 5.41) is 7.25. The first-order valence-corrected chi connectivity index (χ1v) is 11.2.